The van der Waals surface area contributed by atoms with E-state index in [1.807, 2.05) is 0 Å². The highest BCUT2D eigenvalue weighted by molar-refractivity contribution is 6.09. The second-order valence-corrected chi connectivity index (χ2v) is 12.1. The summed E-state index contributed by atoms with van der Waals surface area (Å²) in [6.45, 7) is 9.01. The first-order valence-corrected chi connectivity index (χ1v) is 15.1. The first-order chi connectivity index (χ1) is 20.5. The Balaban J connectivity index is 1.42. The van der Waals surface area contributed by atoms with Gasteiger partial charge < -0.3 is 4.90 Å². The van der Waals surface area contributed by atoms with Crippen molar-refractivity contribution >= 4 is 49.8 Å². The maximum absolute atomic E-state index is 2.42. The van der Waals surface area contributed by atoms with Gasteiger partial charge in [0.15, 0.2) is 0 Å². The summed E-state index contributed by atoms with van der Waals surface area (Å²) >= 11 is 0. The van der Waals surface area contributed by atoms with Gasteiger partial charge in [0, 0.05) is 22.5 Å². The topological polar surface area (TPSA) is 3.24 Å². The number of hydrogen-bond donors (Lipinski definition) is 0. The van der Waals surface area contributed by atoms with E-state index in [-0.39, 0.29) is 5.41 Å². The van der Waals surface area contributed by atoms with Gasteiger partial charge in [-0.2, -0.15) is 0 Å². The summed E-state index contributed by atoms with van der Waals surface area (Å²) in [5, 5.41) is 5.09. The molecule has 42 heavy (non-hydrogen) atoms. The molecule has 0 spiro atoms. The quantitative estimate of drug-likeness (QED) is 0.157. The van der Waals surface area contributed by atoms with E-state index in [2.05, 4.69) is 160 Å². The third-order valence-electron chi connectivity index (χ3n) is 9.26. The molecule has 7 rings (SSSR count). The largest absolute Gasteiger partial charge is 0.310 e. The average Bonchev–Trinajstić information content (AvgIpc) is 3.26. The first-order valence-electron chi connectivity index (χ1n) is 15.1. The normalized spacial score (nSPS) is 16.0. The van der Waals surface area contributed by atoms with E-state index in [1.165, 1.54) is 60.8 Å². The molecule has 0 unspecified atom stereocenters. The van der Waals surface area contributed by atoms with E-state index in [9.17, 15) is 0 Å². The highest BCUT2D eigenvalue weighted by Crippen LogP contribution is 2.51. The Kier molecular flexibility index (Phi) is 6.47. The maximum Gasteiger partial charge on any atom is 0.0468 e. The standard InChI is InChI=1S/C41H37N/c1-5-6-11-28(2)29-18-21-32(22-19-29)42(33-23-20-31-17-16-30-12-7-8-13-35(30)37(31)26-33)34-24-25-40-38(27-34)36-14-9-10-15-39(36)41(40,3)4/h5-9,11-14,16-27H,10,15H2,1-4H3/b6-5-,28-11+. The third-order valence-corrected chi connectivity index (χ3v) is 9.26. The molecule has 0 aromatic heterocycles. The van der Waals surface area contributed by atoms with Crippen molar-refractivity contribution in [3.8, 4) is 0 Å². The zero-order valence-corrected chi connectivity index (χ0v) is 25.0. The lowest BCUT2D eigenvalue weighted by atomic mass is 9.78. The summed E-state index contributed by atoms with van der Waals surface area (Å²) in [5.74, 6) is 0. The molecule has 0 amide bonds. The minimum Gasteiger partial charge on any atom is -0.310 e. The SMILES string of the molecule is C/C=C\C=C(/C)c1ccc(N(c2ccc3c(c2)C2=C(CCC=C2)C3(C)C)c2ccc3ccc4ccccc4c3c2)cc1. The number of anilines is 3. The zero-order chi connectivity index (χ0) is 28.8. The van der Waals surface area contributed by atoms with Crippen molar-refractivity contribution in [2.75, 3.05) is 4.90 Å². The molecule has 1 nitrogen and oxygen atoms in total. The van der Waals surface area contributed by atoms with Crippen LogP contribution >= 0.6 is 0 Å². The van der Waals surface area contributed by atoms with Gasteiger partial charge in [-0.05, 0) is 112 Å². The van der Waals surface area contributed by atoms with Gasteiger partial charge in [-0.3, -0.25) is 0 Å². The third kappa shape index (κ3) is 4.32. The van der Waals surface area contributed by atoms with Crippen molar-refractivity contribution in [3.05, 3.63) is 150 Å². The molecule has 2 aliphatic rings. The van der Waals surface area contributed by atoms with Crippen LogP contribution in [-0.2, 0) is 5.41 Å². The highest BCUT2D eigenvalue weighted by Gasteiger charge is 2.37. The molecule has 0 fully saturated rings. The second-order valence-electron chi connectivity index (χ2n) is 12.1. The first kappa shape index (κ1) is 26.3. The Morgan fingerprint density at radius 2 is 1.45 bits per heavy atom. The maximum atomic E-state index is 2.42. The number of nitrogens with zero attached hydrogens (tertiary/aromatic N) is 1. The lowest BCUT2D eigenvalue weighted by Gasteiger charge is -2.28. The van der Waals surface area contributed by atoms with Crippen LogP contribution in [-0.4, -0.2) is 0 Å². The summed E-state index contributed by atoms with van der Waals surface area (Å²) in [5.41, 5.74) is 11.9. The Morgan fingerprint density at radius 3 is 2.26 bits per heavy atom. The molecule has 0 aliphatic heterocycles. The van der Waals surface area contributed by atoms with Crippen molar-refractivity contribution < 1.29 is 0 Å². The molecule has 5 aromatic carbocycles. The summed E-state index contributed by atoms with van der Waals surface area (Å²) in [7, 11) is 0. The van der Waals surface area contributed by atoms with Gasteiger partial charge in [0.1, 0.15) is 0 Å². The molecule has 0 bridgehead atoms. The molecule has 0 radical (unpaired) electrons. The van der Waals surface area contributed by atoms with Gasteiger partial charge in [0.25, 0.3) is 0 Å². The van der Waals surface area contributed by atoms with Crippen molar-refractivity contribution in [1.29, 1.82) is 0 Å². The molecule has 206 valence electrons. The molecular weight excluding hydrogens is 506 g/mol. The molecule has 0 saturated heterocycles. The van der Waals surface area contributed by atoms with Crippen LogP contribution < -0.4 is 4.90 Å². The van der Waals surface area contributed by atoms with E-state index in [1.54, 1.807) is 5.57 Å². The minimum atomic E-state index is 0.0685. The van der Waals surface area contributed by atoms with E-state index in [0.717, 1.165) is 18.5 Å². The Morgan fingerprint density at radius 1 is 0.762 bits per heavy atom. The molecular formula is C41H37N. The monoisotopic (exact) mass is 543 g/mol. The summed E-state index contributed by atoms with van der Waals surface area (Å²) in [4.78, 5) is 2.42. The van der Waals surface area contributed by atoms with Gasteiger partial charge >= 0.3 is 0 Å². The summed E-state index contributed by atoms with van der Waals surface area (Å²) in [6.07, 6.45) is 13.3. The summed E-state index contributed by atoms with van der Waals surface area (Å²) < 4.78 is 0. The lowest BCUT2D eigenvalue weighted by Crippen LogP contribution is -2.18. The number of allylic oxidation sites excluding steroid dienone is 8. The van der Waals surface area contributed by atoms with Gasteiger partial charge in [-0.1, -0.05) is 110 Å². The number of benzene rings is 5. The van der Waals surface area contributed by atoms with Gasteiger partial charge in [-0.15, -0.1) is 0 Å². The van der Waals surface area contributed by atoms with E-state index in [4.69, 9.17) is 0 Å². The molecule has 0 heterocycles. The van der Waals surface area contributed by atoms with E-state index < -0.39 is 0 Å². The molecule has 1 heteroatoms. The van der Waals surface area contributed by atoms with Crippen molar-refractivity contribution in [3.63, 3.8) is 0 Å². The van der Waals surface area contributed by atoms with Gasteiger partial charge in [-0.25, -0.2) is 0 Å². The van der Waals surface area contributed by atoms with Crippen LogP contribution in [0.2, 0.25) is 0 Å². The Bertz CT molecular complexity index is 1960. The molecule has 2 aliphatic carbocycles. The summed E-state index contributed by atoms with van der Waals surface area (Å²) in [6, 6.07) is 36.2. The van der Waals surface area contributed by atoms with Crippen LogP contribution in [0.25, 0.3) is 32.7 Å². The smallest absolute Gasteiger partial charge is 0.0468 e. The van der Waals surface area contributed by atoms with E-state index in [0.29, 0.717) is 0 Å². The Hall–Kier alpha value is -4.62. The minimum absolute atomic E-state index is 0.0685. The van der Waals surface area contributed by atoms with Crippen molar-refractivity contribution in [2.24, 2.45) is 0 Å². The predicted molar refractivity (Wildman–Crippen MR) is 183 cm³/mol. The lowest BCUT2D eigenvalue weighted by molar-refractivity contribution is 0.607. The Labute approximate surface area is 249 Å². The molecule has 0 N–H and O–H groups in total. The van der Waals surface area contributed by atoms with Gasteiger partial charge in [0.2, 0.25) is 0 Å². The van der Waals surface area contributed by atoms with Crippen LogP contribution in [0.1, 0.15) is 57.2 Å². The fraction of sp³-hybridized carbons (Fsp3) is 0.171. The average molecular weight is 544 g/mol. The zero-order valence-electron chi connectivity index (χ0n) is 25.0. The van der Waals surface area contributed by atoms with Crippen molar-refractivity contribution in [2.45, 2.75) is 46.0 Å². The molecule has 0 atom stereocenters. The second kappa shape index (κ2) is 10.3. The van der Waals surface area contributed by atoms with Crippen LogP contribution in [0, 0.1) is 0 Å². The van der Waals surface area contributed by atoms with Crippen LogP contribution in [0.15, 0.2) is 133 Å². The van der Waals surface area contributed by atoms with Crippen molar-refractivity contribution in [1.82, 2.24) is 0 Å². The molecule has 0 saturated carbocycles. The van der Waals surface area contributed by atoms with E-state index >= 15 is 0 Å². The predicted octanol–water partition coefficient (Wildman–Crippen LogP) is 11.8. The number of rotatable bonds is 5. The van der Waals surface area contributed by atoms with Crippen LogP contribution in [0.3, 0.4) is 0 Å². The number of fused-ring (bicyclic) bond motifs is 5. The number of hydrogen-bond acceptors (Lipinski definition) is 1. The fourth-order valence-electron chi connectivity index (χ4n) is 6.95. The van der Waals surface area contributed by atoms with Crippen LogP contribution in [0.5, 0.6) is 0 Å². The fourth-order valence-corrected chi connectivity index (χ4v) is 6.95. The highest BCUT2D eigenvalue weighted by atomic mass is 15.1. The van der Waals surface area contributed by atoms with Gasteiger partial charge in [0.05, 0.1) is 0 Å². The van der Waals surface area contributed by atoms with Crippen LogP contribution in [0.4, 0.5) is 17.1 Å². The molecule has 5 aromatic rings.